The van der Waals surface area contributed by atoms with Gasteiger partial charge in [0.2, 0.25) is 0 Å². The lowest BCUT2D eigenvalue weighted by atomic mass is 10.0. The van der Waals surface area contributed by atoms with Gasteiger partial charge in [-0.15, -0.1) is 0 Å². The molecular weight excluding hydrogens is 428 g/mol. The molecule has 6 heteroatoms. The molecule has 6 nitrogen and oxygen atoms in total. The Hall–Kier alpha value is -4.06. The molecule has 0 aromatic heterocycles. The van der Waals surface area contributed by atoms with E-state index in [2.05, 4.69) is 5.32 Å². The van der Waals surface area contributed by atoms with Crippen LogP contribution < -0.4 is 14.8 Å². The van der Waals surface area contributed by atoms with E-state index in [0.29, 0.717) is 41.5 Å². The second-order valence-corrected chi connectivity index (χ2v) is 7.95. The van der Waals surface area contributed by atoms with Gasteiger partial charge < -0.3 is 14.8 Å². The van der Waals surface area contributed by atoms with Gasteiger partial charge in [0.1, 0.15) is 5.70 Å². The number of aryl methyl sites for hydroxylation is 1. The van der Waals surface area contributed by atoms with Crippen molar-refractivity contribution in [2.45, 2.75) is 27.3 Å². The first-order chi connectivity index (χ1) is 16.5. The molecule has 1 aliphatic heterocycles. The molecule has 2 amide bonds. The highest BCUT2D eigenvalue weighted by atomic mass is 16.5. The van der Waals surface area contributed by atoms with Crippen LogP contribution in [0.25, 0.3) is 5.57 Å². The Labute approximate surface area is 199 Å². The minimum atomic E-state index is -0.365. The Morgan fingerprint density at radius 3 is 2.15 bits per heavy atom. The van der Waals surface area contributed by atoms with E-state index in [1.165, 1.54) is 4.90 Å². The molecule has 0 spiro atoms. The fraction of sp³-hybridized carbons (Fsp3) is 0.214. The van der Waals surface area contributed by atoms with Gasteiger partial charge in [0, 0.05) is 11.8 Å². The summed E-state index contributed by atoms with van der Waals surface area (Å²) in [5, 5.41) is 3.19. The fourth-order valence-electron chi connectivity index (χ4n) is 3.86. The van der Waals surface area contributed by atoms with E-state index in [1.807, 2.05) is 81.4 Å². The summed E-state index contributed by atoms with van der Waals surface area (Å²) >= 11 is 0. The van der Waals surface area contributed by atoms with E-state index in [1.54, 1.807) is 12.1 Å². The van der Waals surface area contributed by atoms with Crippen molar-refractivity contribution in [2.24, 2.45) is 0 Å². The van der Waals surface area contributed by atoms with Crippen LogP contribution in [0.5, 0.6) is 11.5 Å². The highest BCUT2D eigenvalue weighted by molar-refractivity contribution is 6.36. The summed E-state index contributed by atoms with van der Waals surface area (Å²) in [7, 11) is 0. The normalized spacial score (nSPS) is 13.4. The number of carbonyl (C=O) groups is 2. The molecule has 0 fully saturated rings. The van der Waals surface area contributed by atoms with Crippen molar-refractivity contribution in [3.8, 4) is 11.5 Å². The maximum Gasteiger partial charge on any atom is 0.278 e. The predicted octanol–water partition coefficient (Wildman–Crippen LogP) is 5.18. The number of nitrogens with one attached hydrogen (secondary N) is 1. The summed E-state index contributed by atoms with van der Waals surface area (Å²) < 4.78 is 11.4. The molecule has 1 aliphatic rings. The van der Waals surface area contributed by atoms with Crippen LogP contribution >= 0.6 is 0 Å². The first-order valence-corrected chi connectivity index (χ1v) is 11.4. The summed E-state index contributed by atoms with van der Waals surface area (Å²) in [6.07, 6.45) is 0. The lowest BCUT2D eigenvalue weighted by molar-refractivity contribution is -0.137. The number of amides is 2. The minimum absolute atomic E-state index is 0.201. The maximum absolute atomic E-state index is 13.5. The van der Waals surface area contributed by atoms with Crippen LogP contribution in [0.15, 0.2) is 78.5 Å². The molecule has 1 N–H and O–H groups in total. The molecule has 34 heavy (non-hydrogen) atoms. The molecule has 0 radical (unpaired) electrons. The van der Waals surface area contributed by atoms with Gasteiger partial charge in [-0.2, -0.15) is 0 Å². The summed E-state index contributed by atoms with van der Waals surface area (Å²) in [5.41, 5.74) is 3.92. The van der Waals surface area contributed by atoms with Crippen molar-refractivity contribution >= 4 is 23.1 Å². The average Bonchev–Trinajstić information content (AvgIpc) is 3.07. The van der Waals surface area contributed by atoms with E-state index in [9.17, 15) is 9.59 Å². The molecule has 0 unspecified atom stereocenters. The van der Waals surface area contributed by atoms with Gasteiger partial charge in [-0.1, -0.05) is 60.2 Å². The second kappa shape index (κ2) is 10.3. The van der Waals surface area contributed by atoms with E-state index < -0.39 is 0 Å². The van der Waals surface area contributed by atoms with Gasteiger partial charge in [-0.3, -0.25) is 14.5 Å². The first-order valence-electron chi connectivity index (χ1n) is 11.4. The highest BCUT2D eigenvalue weighted by Gasteiger charge is 2.39. The molecule has 1 heterocycles. The van der Waals surface area contributed by atoms with E-state index >= 15 is 0 Å². The van der Waals surface area contributed by atoms with Crippen molar-refractivity contribution in [3.63, 3.8) is 0 Å². The molecule has 3 aromatic carbocycles. The molecule has 0 saturated heterocycles. The van der Waals surface area contributed by atoms with Gasteiger partial charge in [0.15, 0.2) is 11.5 Å². The number of anilines is 1. The van der Waals surface area contributed by atoms with E-state index in [-0.39, 0.29) is 24.1 Å². The van der Waals surface area contributed by atoms with Crippen LogP contribution in [0.1, 0.15) is 30.5 Å². The standard InChI is InChI=1S/C28H28N2O4/c1-4-33-23-16-15-22(17-24(23)34-5-2)29-26-25(21-9-7-6-8-10-21)27(31)30(28(26)32)18-20-13-11-19(3)12-14-20/h6-17,29H,4-5,18H2,1-3H3. The predicted molar refractivity (Wildman–Crippen MR) is 133 cm³/mol. The van der Waals surface area contributed by atoms with Crippen LogP contribution in [0, 0.1) is 6.92 Å². The highest BCUT2D eigenvalue weighted by Crippen LogP contribution is 2.35. The van der Waals surface area contributed by atoms with Crippen molar-refractivity contribution in [2.75, 3.05) is 18.5 Å². The smallest absolute Gasteiger partial charge is 0.278 e. The van der Waals surface area contributed by atoms with E-state index in [4.69, 9.17) is 9.47 Å². The van der Waals surface area contributed by atoms with Crippen LogP contribution in [-0.4, -0.2) is 29.9 Å². The zero-order chi connectivity index (χ0) is 24.1. The number of imide groups is 1. The van der Waals surface area contributed by atoms with Crippen molar-refractivity contribution in [3.05, 3.63) is 95.2 Å². The molecule has 0 aliphatic carbocycles. The number of hydrogen-bond acceptors (Lipinski definition) is 5. The van der Waals surface area contributed by atoms with Crippen LogP contribution in [0.3, 0.4) is 0 Å². The maximum atomic E-state index is 13.5. The third kappa shape index (κ3) is 4.81. The number of ether oxygens (including phenoxy) is 2. The Morgan fingerprint density at radius 2 is 1.47 bits per heavy atom. The number of benzene rings is 3. The first kappa shape index (κ1) is 23.1. The number of rotatable bonds is 9. The molecule has 3 aromatic rings. The topological polar surface area (TPSA) is 67.9 Å². The molecule has 0 atom stereocenters. The monoisotopic (exact) mass is 456 g/mol. The van der Waals surface area contributed by atoms with Gasteiger partial charge in [0.05, 0.1) is 25.3 Å². The summed E-state index contributed by atoms with van der Waals surface area (Å²) in [6.45, 7) is 6.99. The SMILES string of the molecule is CCOc1ccc(NC2=C(c3ccccc3)C(=O)N(Cc3ccc(C)cc3)C2=O)cc1OCC. The van der Waals surface area contributed by atoms with Crippen LogP contribution in [-0.2, 0) is 16.1 Å². The number of nitrogens with zero attached hydrogens (tertiary/aromatic N) is 1. The minimum Gasteiger partial charge on any atom is -0.490 e. The molecule has 0 bridgehead atoms. The van der Waals surface area contributed by atoms with Crippen molar-refractivity contribution < 1.29 is 19.1 Å². The van der Waals surface area contributed by atoms with Gasteiger partial charge in [0.25, 0.3) is 11.8 Å². The van der Waals surface area contributed by atoms with Gasteiger partial charge in [-0.25, -0.2) is 0 Å². The molecule has 0 saturated carbocycles. The van der Waals surface area contributed by atoms with Crippen molar-refractivity contribution in [1.82, 2.24) is 4.90 Å². The number of hydrogen-bond donors (Lipinski definition) is 1. The fourth-order valence-corrected chi connectivity index (χ4v) is 3.86. The molecule has 174 valence electrons. The molecule has 4 rings (SSSR count). The lowest BCUT2D eigenvalue weighted by Gasteiger charge is -2.16. The zero-order valence-electron chi connectivity index (χ0n) is 19.6. The third-order valence-electron chi connectivity index (χ3n) is 5.50. The Morgan fingerprint density at radius 1 is 0.794 bits per heavy atom. The van der Waals surface area contributed by atoms with Gasteiger partial charge in [-0.05, 0) is 44.0 Å². The summed E-state index contributed by atoms with van der Waals surface area (Å²) in [4.78, 5) is 28.2. The van der Waals surface area contributed by atoms with Crippen LogP contribution in [0.2, 0.25) is 0 Å². The van der Waals surface area contributed by atoms with E-state index in [0.717, 1.165) is 11.1 Å². The average molecular weight is 457 g/mol. The summed E-state index contributed by atoms with van der Waals surface area (Å²) in [6, 6.07) is 22.5. The largest absolute Gasteiger partial charge is 0.490 e. The lowest BCUT2D eigenvalue weighted by Crippen LogP contribution is -2.32. The quantitative estimate of drug-likeness (QED) is 0.449. The molecular formula is C28H28N2O4. The number of carbonyl (C=O) groups excluding carboxylic acids is 2. The Bertz CT molecular complexity index is 1220. The Kier molecular flexibility index (Phi) is 6.97. The summed E-state index contributed by atoms with van der Waals surface area (Å²) in [5.74, 6) is 0.512. The zero-order valence-corrected chi connectivity index (χ0v) is 19.6. The van der Waals surface area contributed by atoms with Crippen LogP contribution in [0.4, 0.5) is 5.69 Å². The Balaban J connectivity index is 1.70. The third-order valence-corrected chi connectivity index (χ3v) is 5.50. The second-order valence-electron chi connectivity index (χ2n) is 7.95. The van der Waals surface area contributed by atoms with Gasteiger partial charge >= 0.3 is 0 Å². The van der Waals surface area contributed by atoms with Crippen molar-refractivity contribution in [1.29, 1.82) is 0 Å².